The summed E-state index contributed by atoms with van der Waals surface area (Å²) in [7, 11) is 0. The smallest absolute Gasteiger partial charge is 0.416 e. The normalized spacial score (nSPS) is 11.2. The third kappa shape index (κ3) is 6.15. The fourth-order valence-electron chi connectivity index (χ4n) is 2.91. The van der Waals surface area contributed by atoms with Crippen molar-refractivity contribution in [2.75, 3.05) is 11.9 Å². The van der Waals surface area contributed by atoms with Crippen LogP contribution in [0.4, 0.5) is 18.9 Å². The fourth-order valence-corrected chi connectivity index (χ4v) is 3.08. The van der Waals surface area contributed by atoms with E-state index in [0.29, 0.717) is 6.42 Å². The first-order valence-electron chi connectivity index (χ1n) is 9.42. The van der Waals surface area contributed by atoms with Gasteiger partial charge in [-0.3, -0.25) is 4.79 Å². The van der Waals surface area contributed by atoms with Gasteiger partial charge in [-0.1, -0.05) is 41.9 Å². The number of carbonyl (C=O) groups excluding carboxylic acids is 1. The van der Waals surface area contributed by atoms with Gasteiger partial charge in [-0.15, -0.1) is 0 Å². The molecule has 31 heavy (non-hydrogen) atoms. The Bertz CT molecular complexity index is 1060. The molecule has 162 valence electrons. The number of benzene rings is 3. The zero-order valence-corrected chi connectivity index (χ0v) is 17.0. The van der Waals surface area contributed by atoms with Crippen LogP contribution in [0.25, 0.3) is 0 Å². The van der Waals surface area contributed by atoms with Crippen LogP contribution >= 0.6 is 11.6 Å². The molecule has 1 amide bonds. The number of carbonyl (C=O) groups is 1. The van der Waals surface area contributed by atoms with Crippen molar-refractivity contribution < 1.29 is 27.8 Å². The average molecular weight is 450 g/mol. The molecule has 2 N–H and O–H groups in total. The highest BCUT2D eigenvalue weighted by atomic mass is 35.5. The molecule has 0 aliphatic carbocycles. The Morgan fingerprint density at radius 1 is 1.03 bits per heavy atom. The van der Waals surface area contributed by atoms with E-state index in [0.717, 1.165) is 24.1 Å². The lowest BCUT2D eigenvalue weighted by Crippen LogP contribution is -2.15. The standard InChI is InChI=1S/C23H19ClF3NO3/c24-17-9-10-20(29)18(14-17)22(30)28-19-13-16(23(25,26)27)8-11-21(19)31-12-4-7-15-5-2-1-3-6-15/h1-3,5-6,8-11,13-14,29H,4,7,12H2,(H,28,30). The molecule has 0 radical (unpaired) electrons. The molecule has 0 aliphatic heterocycles. The number of halogens is 4. The Morgan fingerprint density at radius 2 is 1.77 bits per heavy atom. The van der Waals surface area contributed by atoms with E-state index in [-0.39, 0.29) is 34.4 Å². The monoisotopic (exact) mass is 449 g/mol. The van der Waals surface area contributed by atoms with Crippen LogP contribution in [0.2, 0.25) is 5.02 Å². The highest BCUT2D eigenvalue weighted by Gasteiger charge is 2.31. The molecule has 0 atom stereocenters. The maximum absolute atomic E-state index is 13.2. The number of phenols is 1. The molecule has 3 aromatic carbocycles. The molecule has 4 nitrogen and oxygen atoms in total. The number of anilines is 1. The van der Waals surface area contributed by atoms with Gasteiger partial charge in [0.15, 0.2) is 0 Å². The molecule has 0 aliphatic rings. The first-order chi connectivity index (χ1) is 14.7. The first-order valence-corrected chi connectivity index (χ1v) is 9.79. The van der Waals surface area contributed by atoms with Crippen LogP contribution in [0.3, 0.4) is 0 Å². The van der Waals surface area contributed by atoms with Gasteiger partial charge in [0.2, 0.25) is 0 Å². The van der Waals surface area contributed by atoms with Crippen molar-refractivity contribution >= 4 is 23.2 Å². The molecule has 0 heterocycles. The molecule has 3 aromatic rings. The molecular formula is C23H19ClF3NO3. The second kappa shape index (κ2) is 9.75. The van der Waals surface area contributed by atoms with Crippen molar-refractivity contribution in [1.82, 2.24) is 0 Å². The molecular weight excluding hydrogens is 431 g/mol. The average Bonchev–Trinajstić information content (AvgIpc) is 2.73. The van der Waals surface area contributed by atoms with E-state index < -0.39 is 17.6 Å². The molecule has 0 aromatic heterocycles. The van der Waals surface area contributed by atoms with Crippen LogP contribution in [0.5, 0.6) is 11.5 Å². The van der Waals surface area contributed by atoms with Gasteiger partial charge >= 0.3 is 6.18 Å². The number of hydrogen-bond acceptors (Lipinski definition) is 3. The largest absolute Gasteiger partial charge is 0.507 e. The molecule has 8 heteroatoms. The van der Waals surface area contributed by atoms with Gasteiger partial charge in [-0.2, -0.15) is 13.2 Å². The number of aromatic hydroxyl groups is 1. The number of rotatable bonds is 7. The van der Waals surface area contributed by atoms with E-state index >= 15 is 0 Å². The van der Waals surface area contributed by atoms with Crippen molar-refractivity contribution in [3.8, 4) is 11.5 Å². The second-order valence-electron chi connectivity index (χ2n) is 6.76. The number of hydrogen-bond donors (Lipinski definition) is 2. The third-order valence-corrected chi connectivity index (χ3v) is 4.70. The van der Waals surface area contributed by atoms with Gasteiger partial charge in [0, 0.05) is 5.02 Å². The summed E-state index contributed by atoms with van der Waals surface area (Å²) in [6.07, 6.45) is -3.23. The van der Waals surface area contributed by atoms with E-state index in [4.69, 9.17) is 16.3 Å². The lowest BCUT2D eigenvalue weighted by atomic mass is 10.1. The van der Waals surface area contributed by atoms with Crippen molar-refractivity contribution in [3.05, 3.63) is 88.4 Å². The molecule has 0 unspecified atom stereocenters. The number of nitrogens with one attached hydrogen (secondary N) is 1. The van der Waals surface area contributed by atoms with E-state index in [1.54, 1.807) is 0 Å². The van der Waals surface area contributed by atoms with Crippen molar-refractivity contribution in [1.29, 1.82) is 0 Å². The second-order valence-corrected chi connectivity index (χ2v) is 7.20. The molecule has 0 fully saturated rings. The fraction of sp³-hybridized carbons (Fsp3) is 0.174. The van der Waals surface area contributed by atoms with Crippen molar-refractivity contribution in [3.63, 3.8) is 0 Å². The third-order valence-electron chi connectivity index (χ3n) is 4.47. The summed E-state index contributed by atoms with van der Waals surface area (Å²) in [5.74, 6) is -1.07. The van der Waals surface area contributed by atoms with Crippen LogP contribution in [-0.4, -0.2) is 17.6 Å². The van der Waals surface area contributed by atoms with Gasteiger partial charge in [0.1, 0.15) is 11.5 Å². The van der Waals surface area contributed by atoms with Crippen molar-refractivity contribution in [2.45, 2.75) is 19.0 Å². The highest BCUT2D eigenvalue weighted by molar-refractivity contribution is 6.31. The van der Waals surface area contributed by atoms with E-state index in [9.17, 15) is 23.1 Å². The molecule has 0 spiro atoms. The Labute approximate surface area is 182 Å². The van der Waals surface area contributed by atoms with E-state index in [1.165, 1.54) is 24.3 Å². The quantitative estimate of drug-likeness (QED) is 0.414. The zero-order chi connectivity index (χ0) is 22.4. The SMILES string of the molecule is O=C(Nc1cc(C(F)(F)F)ccc1OCCCc1ccccc1)c1cc(Cl)ccc1O. The van der Waals surface area contributed by atoms with Gasteiger partial charge < -0.3 is 15.2 Å². The van der Waals surface area contributed by atoms with Crippen LogP contribution in [0.1, 0.15) is 27.9 Å². The lowest BCUT2D eigenvalue weighted by molar-refractivity contribution is -0.137. The Kier molecular flexibility index (Phi) is 7.07. The molecule has 0 saturated heterocycles. The van der Waals surface area contributed by atoms with Crippen LogP contribution in [0.15, 0.2) is 66.7 Å². The summed E-state index contributed by atoms with van der Waals surface area (Å²) in [6.45, 7) is 0.242. The molecule has 0 bridgehead atoms. The maximum atomic E-state index is 13.2. The number of ether oxygens (including phenoxy) is 1. The number of aryl methyl sites for hydroxylation is 1. The van der Waals surface area contributed by atoms with Gasteiger partial charge in [0.25, 0.3) is 5.91 Å². The first kappa shape index (κ1) is 22.5. The summed E-state index contributed by atoms with van der Waals surface area (Å²) in [4.78, 5) is 12.5. The Morgan fingerprint density at radius 3 is 2.48 bits per heavy atom. The topological polar surface area (TPSA) is 58.6 Å². The summed E-state index contributed by atoms with van der Waals surface area (Å²) >= 11 is 5.85. The minimum Gasteiger partial charge on any atom is -0.507 e. The summed E-state index contributed by atoms with van der Waals surface area (Å²) in [5.41, 5.74) is -0.142. The van der Waals surface area contributed by atoms with E-state index in [2.05, 4.69) is 5.32 Å². The zero-order valence-electron chi connectivity index (χ0n) is 16.2. The van der Waals surface area contributed by atoms with E-state index in [1.807, 2.05) is 30.3 Å². The minimum absolute atomic E-state index is 0.0935. The van der Waals surface area contributed by atoms with Crippen LogP contribution in [-0.2, 0) is 12.6 Å². The minimum atomic E-state index is -4.59. The lowest BCUT2D eigenvalue weighted by Gasteiger charge is -2.16. The predicted molar refractivity (Wildman–Crippen MR) is 113 cm³/mol. The summed E-state index contributed by atoms with van der Waals surface area (Å²) < 4.78 is 45.1. The van der Waals surface area contributed by atoms with Gasteiger partial charge in [0.05, 0.1) is 23.4 Å². The number of amides is 1. The summed E-state index contributed by atoms with van der Waals surface area (Å²) in [6, 6.07) is 16.4. The van der Waals surface area contributed by atoms with Crippen molar-refractivity contribution in [2.24, 2.45) is 0 Å². The predicted octanol–water partition coefficient (Wildman–Crippen LogP) is 6.33. The highest BCUT2D eigenvalue weighted by Crippen LogP contribution is 2.35. The number of alkyl halides is 3. The molecule has 0 saturated carbocycles. The molecule has 3 rings (SSSR count). The Balaban J connectivity index is 1.77. The summed E-state index contributed by atoms with van der Waals surface area (Å²) in [5, 5.41) is 12.5. The number of phenolic OH excluding ortho intramolecular Hbond substituents is 1. The maximum Gasteiger partial charge on any atom is 0.416 e. The van der Waals surface area contributed by atoms with Crippen LogP contribution in [0, 0.1) is 0 Å². The van der Waals surface area contributed by atoms with Gasteiger partial charge in [-0.05, 0) is 54.8 Å². The van der Waals surface area contributed by atoms with Crippen LogP contribution < -0.4 is 10.1 Å². The Hall–Kier alpha value is -3.19. The van der Waals surface area contributed by atoms with Gasteiger partial charge in [-0.25, -0.2) is 0 Å².